The number of hydrogen-bond acceptors (Lipinski definition) is 4. The van der Waals surface area contributed by atoms with Crippen molar-refractivity contribution in [1.29, 1.82) is 0 Å². The van der Waals surface area contributed by atoms with E-state index in [2.05, 4.69) is 10.5 Å². The van der Waals surface area contributed by atoms with Crippen LogP contribution in [0.2, 0.25) is 0 Å². The van der Waals surface area contributed by atoms with Gasteiger partial charge in [-0.2, -0.15) is 5.10 Å². The van der Waals surface area contributed by atoms with Gasteiger partial charge in [0.25, 0.3) is 5.91 Å². The minimum atomic E-state index is -0.161. The lowest BCUT2D eigenvalue weighted by Crippen LogP contribution is -2.17. The Kier molecular flexibility index (Phi) is 3.48. The molecule has 1 amide bonds. The van der Waals surface area contributed by atoms with E-state index in [-0.39, 0.29) is 5.91 Å². The summed E-state index contributed by atoms with van der Waals surface area (Å²) in [6.45, 7) is 1.88. The summed E-state index contributed by atoms with van der Waals surface area (Å²) in [6, 6.07) is 7.55. The Morgan fingerprint density at radius 1 is 1.19 bits per heavy atom. The summed E-state index contributed by atoms with van der Waals surface area (Å²) in [5.41, 5.74) is 3.36. The van der Waals surface area contributed by atoms with Crippen molar-refractivity contribution in [2.45, 2.75) is 6.92 Å². The van der Waals surface area contributed by atoms with Crippen LogP contribution in [0.5, 0.6) is 0 Å². The average Bonchev–Trinajstić information content (AvgIpc) is 2.95. The van der Waals surface area contributed by atoms with Crippen molar-refractivity contribution in [3.8, 4) is 0 Å². The quantitative estimate of drug-likeness (QED) is 0.660. The average molecular weight is 250 g/mol. The fraction of sp³-hybridized carbons (Fsp3) is 0.0909. The zero-order valence-corrected chi connectivity index (χ0v) is 10.3. The lowest BCUT2D eigenvalue weighted by atomic mass is 10.3. The van der Waals surface area contributed by atoms with Crippen LogP contribution in [0.15, 0.2) is 40.1 Å². The third-order valence-corrected chi connectivity index (χ3v) is 3.80. The van der Waals surface area contributed by atoms with Gasteiger partial charge < -0.3 is 0 Å². The Balaban J connectivity index is 2.02. The predicted octanol–water partition coefficient (Wildman–Crippen LogP) is 2.96. The highest BCUT2D eigenvalue weighted by atomic mass is 32.1. The highest BCUT2D eigenvalue weighted by Crippen LogP contribution is 2.10. The van der Waals surface area contributed by atoms with Gasteiger partial charge in [-0.15, -0.1) is 22.7 Å². The molecule has 82 valence electrons. The summed E-state index contributed by atoms with van der Waals surface area (Å²) < 4.78 is 0. The van der Waals surface area contributed by atoms with Crippen molar-refractivity contribution in [2.24, 2.45) is 5.10 Å². The SMILES string of the molecule is C/C(=N/NC(=O)c1cccs1)c1cccs1. The Labute approximate surface area is 101 Å². The number of hydrogen-bond donors (Lipinski definition) is 1. The van der Waals surface area contributed by atoms with Gasteiger partial charge >= 0.3 is 0 Å². The van der Waals surface area contributed by atoms with Crippen LogP contribution in [-0.4, -0.2) is 11.6 Å². The van der Waals surface area contributed by atoms with E-state index in [9.17, 15) is 4.79 Å². The number of rotatable bonds is 3. The van der Waals surface area contributed by atoms with Gasteiger partial charge in [-0.25, -0.2) is 5.43 Å². The molecule has 0 spiro atoms. The number of amides is 1. The zero-order valence-electron chi connectivity index (χ0n) is 8.64. The first-order chi connectivity index (χ1) is 7.77. The van der Waals surface area contributed by atoms with E-state index in [1.165, 1.54) is 11.3 Å². The van der Waals surface area contributed by atoms with E-state index < -0.39 is 0 Å². The molecule has 2 aromatic heterocycles. The maximum atomic E-state index is 11.6. The molecule has 0 aliphatic carbocycles. The highest BCUT2D eigenvalue weighted by Gasteiger charge is 2.05. The topological polar surface area (TPSA) is 41.5 Å². The van der Waals surface area contributed by atoms with Crippen LogP contribution in [-0.2, 0) is 0 Å². The molecule has 0 aliphatic rings. The number of nitrogens with one attached hydrogen (secondary N) is 1. The van der Waals surface area contributed by atoms with Crippen molar-refractivity contribution in [2.75, 3.05) is 0 Å². The van der Waals surface area contributed by atoms with Crippen LogP contribution in [0.4, 0.5) is 0 Å². The standard InChI is InChI=1S/C11H10N2OS2/c1-8(9-4-2-6-15-9)12-13-11(14)10-5-3-7-16-10/h2-7H,1H3,(H,13,14)/b12-8-. The number of carbonyl (C=O) groups excluding carboxylic acids is 1. The summed E-state index contributed by atoms with van der Waals surface area (Å²) in [6.07, 6.45) is 0. The molecule has 0 aromatic carbocycles. The summed E-state index contributed by atoms with van der Waals surface area (Å²) in [7, 11) is 0. The summed E-state index contributed by atoms with van der Waals surface area (Å²) >= 11 is 3.00. The first-order valence-electron chi connectivity index (χ1n) is 4.69. The number of nitrogens with zero attached hydrogens (tertiary/aromatic N) is 1. The summed E-state index contributed by atoms with van der Waals surface area (Å²) in [5, 5.41) is 7.90. The van der Waals surface area contributed by atoms with E-state index in [1.54, 1.807) is 17.4 Å². The molecule has 0 saturated heterocycles. The monoisotopic (exact) mass is 250 g/mol. The van der Waals surface area contributed by atoms with E-state index in [0.717, 1.165) is 10.6 Å². The predicted molar refractivity (Wildman–Crippen MR) is 68.3 cm³/mol. The molecule has 5 heteroatoms. The van der Waals surface area contributed by atoms with E-state index in [1.807, 2.05) is 35.9 Å². The first kappa shape index (κ1) is 11.0. The molecular weight excluding hydrogens is 240 g/mol. The van der Waals surface area contributed by atoms with Gasteiger partial charge in [-0.1, -0.05) is 12.1 Å². The fourth-order valence-corrected chi connectivity index (χ4v) is 2.43. The molecule has 2 rings (SSSR count). The van der Waals surface area contributed by atoms with E-state index in [4.69, 9.17) is 0 Å². The van der Waals surface area contributed by atoms with Crippen molar-refractivity contribution in [3.05, 3.63) is 44.8 Å². The van der Waals surface area contributed by atoms with Crippen LogP contribution in [0.1, 0.15) is 21.5 Å². The molecule has 1 N–H and O–H groups in total. The maximum absolute atomic E-state index is 11.6. The summed E-state index contributed by atoms with van der Waals surface area (Å²) in [5.74, 6) is -0.161. The Morgan fingerprint density at radius 3 is 2.38 bits per heavy atom. The third kappa shape index (κ3) is 2.56. The van der Waals surface area contributed by atoms with Crippen LogP contribution in [0, 0.1) is 0 Å². The van der Waals surface area contributed by atoms with Gasteiger partial charge in [0.2, 0.25) is 0 Å². The molecule has 0 radical (unpaired) electrons. The second-order valence-corrected chi connectivity index (χ2v) is 4.99. The molecule has 0 aliphatic heterocycles. The van der Waals surface area contributed by atoms with Gasteiger partial charge in [-0.3, -0.25) is 4.79 Å². The molecule has 0 bridgehead atoms. The molecule has 2 heterocycles. The zero-order chi connectivity index (χ0) is 11.4. The van der Waals surface area contributed by atoms with Gasteiger partial charge in [0.1, 0.15) is 0 Å². The Bertz CT molecular complexity index is 486. The van der Waals surface area contributed by atoms with Crippen LogP contribution < -0.4 is 5.43 Å². The maximum Gasteiger partial charge on any atom is 0.281 e. The second kappa shape index (κ2) is 5.05. The number of carbonyl (C=O) groups is 1. The van der Waals surface area contributed by atoms with Crippen molar-refractivity contribution in [3.63, 3.8) is 0 Å². The van der Waals surface area contributed by atoms with Gasteiger partial charge in [-0.05, 0) is 29.8 Å². The lowest BCUT2D eigenvalue weighted by Gasteiger charge is -1.98. The smallest absolute Gasteiger partial charge is 0.266 e. The fourth-order valence-electron chi connectivity index (χ4n) is 1.14. The minimum Gasteiger partial charge on any atom is -0.266 e. The van der Waals surface area contributed by atoms with E-state index >= 15 is 0 Å². The largest absolute Gasteiger partial charge is 0.281 e. The van der Waals surface area contributed by atoms with Crippen LogP contribution in [0.25, 0.3) is 0 Å². The van der Waals surface area contributed by atoms with Crippen LogP contribution >= 0.6 is 22.7 Å². The Morgan fingerprint density at radius 2 is 1.81 bits per heavy atom. The van der Waals surface area contributed by atoms with Crippen molar-refractivity contribution < 1.29 is 4.79 Å². The minimum absolute atomic E-state index is 0.161. The second-order valence-electron chi connectivity index (χ2n) is 3.09. The molecule has 0 fully saturated rings. The molecule has 3 nitrogen and oxygen atoms in total. The van der Waals surface area contributed by atoms with E-state index in [0.29, 0.717) is 4.88 Å². The van der Waals surface area contributed by atoms with Gasteiger partial charge in [0.05, 0.1) is 10.6 Å². The van der Waals surface area contributed by atoms with Crippen molar-refractivity contribution in [1.82, 2.24) is 5.43 Å². The summed E-state index contributed by atoms with van der Waals surface area (Å²) in [4.78, 5) is 13.3. The van der Waals surface area contributed by atoms with Crippen molar-refractivity contribution >= 4 is 34.3 Å². The third-order valence-electron chi connectivity index (χ3n) is 1.95. The molecule has 2 aromatic rings. The first-order valence-corrected chi connectivity index (χ1v) is 6.45. The van der Waals surface area contributed by atoms with Gasteiger partial charge in [0, 0.05) is 4.88 Å². The molecule has 0 unspecified atom stereocenters. The molecule has 0 atom stereocenters. The highest BCUT2D eigenvalue weighted by molar-refractivity contribution is 7.12. The number of thiophene rings is 2. The Hall–Kier alpha value is -1.46. The molecule has 0 saturated carbocycles. The van der Waals surface area contributed by atoms with Gasteiger partial charge in [0.15, 0.2) is 0 Å². The normalized spacial score (nSPS) is 11.4. The lowest BCUT2D eigenvalue weighted by molar-refractivity contribution is 0.0959. The number of hydrazone groups is 1. The molecule has 16 heavy (non-hydrogen) atoms. The van der Waals surface area contributed by atoms with Crippen LogP contribution in [0.3, 0.4) is 0 Å². The molecular formula is C11H10N2OS2.